The van der Waals surface area contributed by atoms with E-state index in [1.807, 2.05) is 0 Å². The summed E-state index contributed by atoms with van der Waals surface area (Å²) in [5.41, 5.74) is 0. The number of carbonyl (C=O) groups is 1. The Morgan fingerprint density at radius 3 is 2.83 bits per heavy atom. The maximum atomic E-state index is 11.0. The second kappa shape index (κ2) is 4.20. The van der Waals surface area contributed by atoms with Crippen molar-refractivity contribution in [2.75, 3.05) is 13.7 Å². The lowest BCUT2D eigenvalue weighted by atomic mass is 10.0. The van der Waals surface area contributed by atoms with Crippen molar-refractivity contribution in [3.8, 4) is 0 Å². The van der Waals surface area contributed by atoms with Gasteiger partial charge in [-0.3, -0.25) is 9.46 Å². The molecule has 3 atom stereocenters. The second-order valence-electron chi connectivity index (χ2n) is 3.35. The zero-order valence-electron chi connectivity index (χ0n) is 7.62. The van der Waals surface area contributed by atoms with Gasteiger partial charge in [0.1, 0.15) is 0 Å². The van der Waals surface area contributed by atoms with Crippen molar-refractivity contribution in [3.05, 3.63) is 0 Å². The Morgan fingerprint density at radius 1 is 1.75 bits per heavy atom. The molecule has 70 valence electrons. The average molecular weight is 189 g/mol. The average Bonchev–Trinajstić information content (AvgIpc) is 2.35. The van der Waals surface area contributed by atoms with Crippen LogP contribution in [0.3, 0.4) is 0 Å². The van der Waals surface area contributed by atoms with E-state index in [4.69, 9.17) is 0 Å². The molecule has 0 saturated carbocycles. The van der Waals surface area contributed by atoms with Crippen LogP contribution in [-0.2, 0) is 9.53 Å². The van der Waals surface area contributed by atoms with Crippen LogP contribution in [0.4, 0.5) is 0 Å². The molecule has 0 aromatic rings. The minimum atomic E-state index is -0.110. The van der Waals surface area contributed by atoms with E-state index in [0.717, 1.165) is 6.54 Å². The molecule has 4 heteroatoms. The predicted octanol–water partition coefficient (Wildman–Crippen LogP) is 1.05. The normalized spacial score (nSPS) is 30.6. The minimum absolute atomic E-state index is 0.110. The molecule has 1 heterocycles. The fourth-order valence-electron chi connectivity index (χ4n) is 1.61. The van der Waals surface area contributed by atoms with E-state index >= 15 is 0 Å². The van der Waals surface area contributed by atoms with Gasteiger partial charge in [-0.1, -0.05) is 16.3 Å². The van der Waals surface area contributed by atoms with E-state index in [1.54, 1.807) is 0 Å². The van der Waals surface area contributed by atoms with E-state index in [0.29, 0.717) is 18.4 Å². The summed E-state index contributed by atoms with van der Waals surface area (Å²) >= 11 is 0. The second-order valence-corrected chi connectivity index (χ2v) is 4.01. The van der Waals surface area contributed by atoms with Gasteiger partial charge in [0.15, 0.2) is 0 Å². The van der Waals surface area contributed by atoms with Gasteiger partial charge >= 0.3 is 5.97 Å². The molecule has 3 unspecified atom stereocenters. The van der Waals surface area contributed by atoms with Crippen LogP contribution in [0.15, 0.2) is 0 Å². The van der Waals surface area contributed by atoms with E-state index in [2.05, 4.69) is 25.7 Å². The van der Waals surface area contributed by atoms with Crippen molar-refractivity contribution in [1.29, 1.82) is 0 Å². The predicted molar refractivity (Wildman–Crippen MR) is 50.6 cm³/mol. The molecule has 0 aliphatic carbocycles. The Labute approximate surface area is 75.7 Å². The lowest BCUT2D eigenvalue weighted by Crippen LogP contribution is -2.27. The molecule has 0 radical (unpaired) electrons. The van der Waals surface area contributed by atoms with Crippen molar-refractivity contribution in [2.24, 2.45) is 5.92 Å². The van der Waals surface area contributed by atoms with E-state index in [-0.39, 0.29) is 5.97 Å². The molecule has 3 nitrogen and oxygen atoms in total. The van der Waals surface area contributed by atoms with Crippen molar-refractivity contribution in [1.82, 2.24) is 4.67 Å². The quantitative estimate of drug-likeness (QED) is 0.480. The molecule has 1 saturated heterocycles. The zero-order chi connectivity index (χ0) is 9.14. The number of carbonyl (C=O) groups excluding carboxylic acids is 1. The van der Waals surface area contributed by atoms with E-state index in [1.165, 1.54) is 13.5 Å². The number of nitrogens with zero attached hydrogens (tertiary/aromatic N) is 1. The number of hydrogen-bond acceptors (Lipinski definition) is 3. The van der Waals surface area contributed by atoms with Gasteiger partial charge in [-0.05, 0) is 12.3 Å². The van der Waals surface area contributed by atoms with Crippen LogP contribution < -0.4 is 0 Å². The summed E-state index contributed by atoms with van der Waals surface area (Å²) in [7, 11) is 4.11. The van der Waals surface area contributed by atoms with Gasteiger partial charge in [-0.25, -0.2) is 0 Å². The van der Waals surface area contributed by atoms with Crippen LogP contribution in [0.2, 0.25) is 0 Å². The zero-order valence-corrected chi connectivity index (χ0v) is 8.77. The third kappa shape index (κ3) is 2.18. The molecule has 12 heavy (non-hydrogen) atoms. The molecular formula is C8H16NO2P. The summed E-state index contributed by atoms with van der Waals surface area (Å²) in [6.07, 6.45) is 1.69. The Balaban J connectivity index is 2.44. The van der Waals surface area contributed by atoms with Gasteiger partial charge in [0.25, 0.3) is 0 Å². The highest BCUT2D eigenvalue weighted by atomic mass is 31.0. The monoisotopic (exact) mass is 189 g/mol. The molecule has 0 spiro atoms. The van der Waals surface area contributed by atoms with Crippen LogP contribution in [0.1, 0.15) is 19.8 Å². The van der Waals surface area contributed by atoms with Crippen LogP contribution in [0.25, 0.3) is 0 Å². The summed E-state index contributed by atoms with van der Waals surface area (Å²) in [6.45, 7) is 3.24. The Kier molecular flexibility index (Phi) is 3.48. The molecule has 0 amide bonds. The highest BCUT2D eigenvalue weighted by Crippen LogP contribution is 2.28. The highest BCUT2D eigenvalue weighted by molar-refractivity contribution is 7.13. The fourth-order valence-corrected chi connectivity index (χ4v) is 2.16. The summed E-state index contributed by atoms with van der Waals surface area (Å²) in [4.78, 5) is 11.0. The van der Waals surface area contributed by atoms with Gasteiger partial charge in [0.05, 0.1) is 13.5 Å². The smallest absolute Gasteiger partial charge is 0.307 e. The number of rotatable bonds is 2. The first kappa shape index (κ1) is 9.94. The van der Waals surface area contributed by atoms with Crippen LogP contribution in [0.5, 0.6) is 0 Å². The van der Waals surface area contributed by atoms with Crippen molar-refractivity contribution in [2.45, 2.75) is 25.8 Å². The van der Waals surface area contributed by atoms with Crippen molar-refractivity contribution in [3.63, 3.8) is 0 Å². The standard InChI is InChI=1S/C8H16NO2P/c1-6-3-4-9(12)7(6)5-8(10)11-2/h6-7H,3-5,12H2,1-2H3. The fraction of sp³-hybridized carbons (Fsp3) is 0.875. The highest BCUT2D eigenvalue weighted by Gasteiger charge is 2.30. The molecule has 1 rings (SSSR count). The summed E-state index contributed by atoms with van der Waals surface area (Å²) in [6, 6.07) is 0.349. The minimum Gasteiger partial charge on any atom is -0.469 e. The van der Waals surface area contributed by atoms with Gasteiger partial charge in [-0.2, -0.15) is 0 Å². The molecule has 0 N–H and O–H groups in total. The molecule has 1 fully saturated rings. The largest absolute Gasteiger partial charge is 0.469 e. The Bertz CT molecular complexity index is 164. The third-order valence-corrected chi connectivity index (χ3v) is 3.17. The van der Waals surface area contributed by atoms with Crippen LogP contribution in [0, 0.1) is 5.92 Å². The maximum absolute atomic E-state index is 11.0. The number of esters is 1. The number of ether oxygens (including phenoxy) is 1. The van der Waals surface area contributed by atoms with E-state index < -0.39 is 0 Å². The number of methoxy groups -OCH3 is 1. The van der Waals surface area contributed by atoms with Crippen LogP contribution >= 0.6 is 9.39 Å². The third-order valence-electron chi connectivity index (χ3n) is 2.53. The van der Waals surface area contributed by atoms with Crippen molar-refractivity contribution < 1.29 is 9.53 Å². The topological polar surface area (TPSA) is 29.5 Å². The Hall–Kier alpha value is -0.140. The SMILES string of the molecule is COC(=O)CC1C(C)CCN1P. The molecular weight excluding hydrogens is 173 g/mol. The first-order valence-corrected chi connectivity index (χ1v) is 4.75. The number of hydrogen-bond donors (Lipinski definition) is 0. The van der Waals surface area contributed by atoms with Crippen molar-refractivity contribution >= 4 is 15.4 Å². The molecule has 0 bridgehead atoms. The Morgan fingerprint density at radius 2 is 2.42 bits per heavy atom. The molecule has 1 aliphatic rings. The molecule has 0 aromatic carbocycles. The summed E-state index contributed by atoms with van der Waals surface area (Å²) < 4.78 is 6.79. The first-order chi connectivity index (χ1) is 5.65. The van der Waals surface area contributed by atoms with Gasteiger partial charge < -0.3 is 4.74 Å². The summed E-state index contributed by atoms with van der Waals surface area (Å²) in [5, 5.41) is 0. The maximum Gasteiger partial charge on any atom is 0.307 e. The van der Waals surface area contributed by atoms with Gasteiger partial charge in [0.2, 0.25) is 0 Å². The van der Waals surface area contributed by atoms with Gasteiger partial charge in [-0.15, -0.1) is 0 Å². The summed E-state index contributed by atoms with van der Waals surface area (Å²) in [5.74, 6) is 0.489. The molecule has 0 aromatic heterocycles. The van der Waals surface area contributed by atoms with E-state index in [9.17, 15) is 4.79 Å². The van der Waals surface area contributed by atoms with Gasteiger partial charge in [0, 0.05) is 12.6 Å². The lowest BCUT2D eigenvalue weighted by Gasteiger charge is -2.20. The molecule has 1 aliphatic heterocycles. The lowest BCUT2D eigenvalue weighted by molar-refractivity contribution is -0.141. The van der Waals surface area contributed by atoms with Crippen LogP contribution in [-0.4, -0.2) is 30.3 Å². The first-order valence-electron chi connectivity index (χ1n) is 4.23.